The SMILES string of the molecule is Cc1cc(NCCCN(C)Cc2ccccc2)ncn1. The van der Waals surface area contributed by atoms with Crippen molar-refractivity contribution in [3.05, 3.63) is 54.0 Å². The van der Waals surface area contributed by atoms with E-state index < -0.39 is 0 Å². The summed E-state index contributed by atoms with van der Waals surface area (Å²) in [7, 11) is 2.15. The van der Waals surface area contributed by atoms with Gasteiger partial charge in [-0.05, 0) is 32.5 Å². The van der Waals surface area contributed by atoms with Gasteiger partial charge in [0.15, 0.2) is 0 Å². The Hall–Kier alpha value is -1.94. The van der Waals surface area contributed by atoms with Gasteiger partial charge in [-0.1, -0.05) is 30.3 Å². The highest BCUT2D eigenvalue weighted by molar-refractivity contribution is 5.34. The first-order valence-corrected chi connectivity index (χ1v) is 6.99. The number of rotatable bonds is 7. The molecule has 0 unspecified atom stereocenters. The molecular weight excluding hydrogens is 248 g/mol. The number of aromatic nitrogens is 2. The molecule has 2 rings (SSSR count). The van der Waals surface area contributed by atoms with E-state index in [1.807, 2.05) is 13.0 Å². The van der Waals surface area contributed by atoms with Crippen molar-refractivity contribution in [3.8, 4) is 0 Å². The minimum absolute atomic E-state index is 0.906. The third kappa shape index (κ3) is 4.97. The van der Waals surface area contributed by atoms with E-state index in [0.29, 0.717) is 0 Å². The molecule has 0 saturated heterocycles. The number of nitrogens with one attached hydrogen (secondary N) is 1. The van der Waals surface area contributed by atoms with Crippen molar-refractivity contribution in [3.63, 3.8) is 0 Å². The van der Waals surface area contributed by atoms with Crippen molar-refractivity contribution in [2.45, 2.75) is 19.9 Å². The summed E-state index contributed by atoms with van der Waals surface area (Å²) in [6.07, 6.45) is 2.69. The van der Waals surface area contributed by atoms with Crippen LogP contribution in [0.25, 0.3) is 0 Å². The van der Waals surface area contributed by atoms with Crippen LogP contribution in [-0.4, -0.2) is 35.0 Å². The lowest BCUT2D eigenvalue weighted by molar-refractivity contribution is 0.325. The van der Waals surface area contributed by atoms with Gasteiger partial charge in [0, 0.05) is 24.8 Å². The Bertz CT molecular complexity index is 513. The zero-order valence-corrected chi connectivity index (χ0v) is 12.2. The third-order valence-corrected chi connectivity index (χ3v) is 3.12. The van der Waals surface area contributed by atoms with Crippen molar-refractivity contribution < 1.29 is 0 Å². The van der Waals surface area contributed by atoms with E-state index in [2.05, 4.69) is 57.6 Å². The van der Waals surface area contributed by atoms with Gasteiger partial charge in [-0.2, -0.15) is 0 Å². The second-order valence-corrected chi connectivity index (χ2v) is 5.05. The lowest BCUT2D eigenvalue weighted by Gasteiger charge is -2.16. The topological polar surface area (TPSA) is 41.0 Å². The molecule has 1 N–H and O–H groups in total. The summed E-state index contributed by atoms with van der Waals surface area (Å²) in [6.45, 7) is 4.95. The van der Waals surface area contributed by atoms with Crippen molar-refractivity contribution in [1.29, 1.82) is 0 Å². The molecule has 0 saturated carbocycles. The van der Waals surface area contributed by atoms with Crippen LogP contribution in [0.5, 0.6) is 0 Å². The highest BCUT2D eigenvalue weighted by Gasteiger charge is 2.00. The normalized spacial score (nSPS) is 10.8. The Morgan fingerprint density at radius 1 is 1.15 bits per heavy atom. The molecule has 0 amide bonds. The summed E-state index contributed by atoms with van der Waals surface area (Å²) in [5.74, 6) is 0.906. The predicted octanol–water partition coefficient (Wildman–Crippen LogP) is 2.72. The van der Waals surface area contributed by atoms with Gasteiger partial charge in [-0.15, -0.1) is 0 Å². The minimum atomic E-state index is 0.906. The van der Waals surface area contributed by atoms with E-state index in [-0.39, 0.29) is 0 Å². The Kier molecular flexibility index (Phi) is 5.50. The van der Waals surface area contributed by atoms with E-state index in [4.69, 9.17) is 0 Å². The van der Waals surface area contributed by atoms with Gasteiger partial charge in [0.05, 0.1) is 0 Å². The molecule has 0 radical (unpaired) electrons. The Balaban J connectivity index is 1.66. The molecule has 106 valence electrons. The average Bonchev–Trinajstić information content (AvgIpc) is 2.45. The van der Waals surface area contributed by atoms with Crippen LogP contribution < -0.4 is 5.32 Å². The van der Waals surface area contributed by atoms with Crippen molar-refractivity contribution >= 4 is 5.82 Å². The molecule has 0 fully saturated rings. The van der Waals surface area contributed by atoms with E-state index in [1.165, 1.54) is 5.56 Å². The zero-order valence-electron chi connectivity index (χ0n) is 12.2. The maximum absolute atomic E-state index is 4.19. The quantitative estimate of drug-likeness (QED) is 0.785. The molecule has 4 heteroatoms. The van der Waals surface area contributed by atoms with Crippen molar-refractivity contribution in [1.82, 2.24) is 14.9 Å². The van der Waals surface area contributed by atoms with Gasteiger partial charge in [-0.3, -0.25) is 0 Å². The summed E-state index contributed by atoms with van der Waals surface area (Å²) in [6, 6.07) is 12.5. The predicted molar refractivity (Wildman–Crippen MR) is 82.7 cm³/mol. The molecule has 20 heavy (non-hydrogen) atoms. The van der Waals surface area contributed by atoms with Crippen LogP contribution in [-0.2, 0) is 6.54 Å². The molecule has 0 aliphatic carbocycles. The number of anilines is 1. The standard InChI is InChI=1S/C16H22N4/c1-14-11-16(19-13-18-14)17-9-6-10-20(2)12-15-7-4-3-5-8-15/h3-5,7-8,11,13H,6,9-10,12H2,1-2H3,(H,17,18,19). The molecule has 4 nitrogen and oxygen atoms in total. The molecule has 1 heterocycles. The van der Waals surface area contributed by atoms with Gasteiger partial charge < -0.3 is 10.2 Å². The fourth-order valence-electron chi connectivity index (χ4n) is 2.09. The first kappa shape index (κ1) is 14.5. The Labute approximate surface area is 120 Å². The number of hydrogen-bond donors (Lipinski definition) is 1. The minimum Gasteiger partial charge on any atom is -0.370 e. The summed E-state index contributed by atoms with van der Waals surface area (Å²) >= 11 is 0. The maximum atomic E-state index is 4.19. The Morgan fingerprint density at radius 2 is 1.95 bits per heavy atom. The monoisotopic (exact) mass is 270 g/mol. The summed E-state index contributed by atoms with van der Waals surface area (Å²) in [5, 5.41) is 3.33. The van der Waals surface area contributed by atoms with Gasteiger partial charge in [0.2, 0.25) is 0 Å². The van der Waals surface area contributed by atoms with Crippen LogP contribution in [0.15, 0.2) is 42.7 Å². The molecule has 0 aliphatic heterocycles. The summed E-state index contributed by atoms with van der Waals surface area (Å²) < 4.78 is 0. The van der Waals surface area contributed by atoms with Gasteiger partial charge >= 0.3 is 0 Å². The van der Waals surface area contributed by atoms with Crippen LogP contribution in [0.2, 0.25) is 0 Å². The zero-order chi connectivity index (χ0) is 14.2. The van der Waals surface area contributed by atoms with Gasteiger partial charge in [0.25, 0.3) is 0 Å². The second kappa shape index (κ2) is 7.60. The number of benzene rings is 1. The van der Waals surface area contributed by atoms with Crippen molar-refractivity contribution in [2.75, 3.05) is 25.5 Å². The number of aryl methyl sites for hydroxylation is 1. The first-order chi connectivity index (χ1) is 9.74. The second-order valence-electron chi connectivity index (χ2n) is 5.05. The van der Waals surface area contributed by atoms with Gasteiger partial charge in [0.1, 0.15) is 12.1 Å². The summed E-state index contributed by atoms with van der Waals surface area (Å²) in [4.78, 5) is 10.6. The van der Waals surface area contributed by atoms with Crippen LogP contribution in [0, 0.1) is 6.92 Å². The van der Waals surface area contributed by atoms with E-state index in [9.17, 15) is 0 Å². The summed E-state index contributed by atoms with van der Waals surface area (Å²) in [5.41, 5.74) is 2.35. The number of hydrogen-bond acceptors (Lipinski definition) is 4. The smallest absolute Gasteiger partial charge is 0.129 e. The lowest BCUT2D eigenvalue weighted by atomic mass is 10.2. The fraction of sp³-hybridized carbons (Fsp3) is 0.375. The lowest BCUT2D eigenvalue weighted by Crippen LogP contribution is -2.21. The highest BCUT2D eigenvalue weighted by atomic mass is 15.1. The molecule has 2 aromatic rings. The average molecular weight is 270 g/mol. The third-order valence-electron chi connectivity index (χ3n) is 3.12. The first-order valence-electron chi connectivity index (χ1n) is 6.99. The number of nitrogens with zero attached hydrogens (tertiary/aromatic N) is 3. The molecule has 1 aromatic heterocycles. The van der Waals surface area contributed by atoms with Crippen molar-refractivity contribution in [2.24, 2.45) is 0 Å². The largest absolute Gasteiger partial charge is 0.370 e. The van der Waals surface area contributed by atoms with Crippen LogP contribution in [0.4, 0.5) is 5.82 Å². The van der Waals surface area contributed by atoms with E-state index in [1.54, 1.807) is 6.33 Å². The highest BCUT2D eigenvalue weighted by Crippen LogP contribution is 2.04. The van der Waals surface area contributed by atoms with E-state index in [0.717, 1.165) is 37.6 Å². The molecule has 1 aromatic carbocycles. The molecular formula is C16H22N4. The molecule has 0 aliphatic rings. The Morgan fingerprint density at radius 3 is 2.70 bits per heavy atom. The molecule has 0 bridgehead atoms. The fourth-order valence-corrected chi connectivity index (χ4v) is 2.09. The molecule has 0 atom stereocenters. The van der Waals surface area contributed by atoms with Crippen LogP contribution >= 0.6 is 0 Å². The van der Waals surface area contributed by atoms with Gasteiger partial charge in [-0.25, -0.2) is 9.97 Å². The van der Waals surface area contributed by atoms with Crippen LogP contribution in [0.3, 0.4) is 0 Å². The maximum Gasteiger partial charge on any atom is 0.129 e. The van der Waals surface area contributed by atoms with Crippen LogP contribution in [0.1, 0.15) is 17.7 Å². The van der Waals surface area contributed by atoms with E-state index >= 15 is 0 Å². The molecule has 0 spiro atoms.